The van der Waals surface area contributed by atoms with Crippen molar-refractivity contribution < 1.29 is 23.9 Å². The molecule has 126 valence electrons. The molecule has 2 rings (SSSR count). The van der Waals surface area contributed by atoms with Crippen molar-refractivity contribution in [3.05, 3.63) is 57.8 Å². The summed E-state index contributed by atoms with van der Waals surface area (Å²) in [6.07, 6.45) is 0. The third-order valence-corrected chi connectivity index (χ3v) is 3.84. The first-order chi connectivity index (χ1) is 11.6. The van der Waals surface area contributed by atoms with E-state index in [4.69, 9.17) is 9.47 Å². The molecule has 0 radical (unpaired) electrons. The number of carbonyl (C=O) groups is 3. The number of thiophene rings is 1. The van der Waals surface area contributed by atoms with Gasteiger partial charge in [0.25, 0.3) is 5.91 Å². The molecule has 0 saturated carbocycles. The van der Waals surface area contributed by atoms with Crippen LogP contribution < -0.4 is 5.32 Å². The van der Waals surface area contributed by atoms with Crippen LogP contribution in [0.25, 0.3) is 0 Å². The maximum atomic E-state index is 11.7. The number of carbonyl (C=O) groups excluding carboxylic acids is 3. The van der Waals surface area contributed by atoms with Crippen LogP contribution in [0.2, 0.25) is 0 Å². The normalized spacial score (nSPS) is 10.0. The largest absolute Gasteiger partial charge is 0.462 e. The third-order valence-electron chi connectivity index (χ3n) is 2.98. The molecule has 0 saturated heterocycles. The van der Waals surface area contributed by atoms with Crippen molar-refractivity contribution in [2.75, 3.05) is 13.2 Å². The van der Waals surface area contributed by atoms with Crippen molar-refractivity contribution in [2.45, 2.75) is 13.5 Å². The van der Waals surface area contributed by atoms with Crippen molar-refractivity contribution >= 4 is 29.2 Å². The zero-order valence-electron chi connectivity index (χ0n) is 13.1. The van der Waals surface area contributed by atoms with Gasteiger partial charge in [-0.25, -0.2) is 4.79 Å². The zero-order chi connectivity index (χ0) is 17.4. The fourth-order valence-corrected chi connectivity index (χ4v) is 2.50. The Morgan fingerprint density at radius 3 is 2.67 bits per heavy atom. The topological polar surface area (TPSA) is 81.7 Å². The summed E-state index contributed by atoms with van der Waals surface area (Å²) in [5.41, 5.74) is 1.06. The highest BCUT2D eigenvalue weighted by Gasteiger charge is 2.11. The summed E-state index contributed by atoms with van der Waals surface area (Å²) in [6, 6.07) is 10.1. The number of amides is 1. The summed E-state index contributed by atoms with van der Waals surface area (Å²) < 4.78 is 10.0. The Morgan fingerprint density at radius 1 is 1.12 bits per heavy atom. The number of rotatable bonds is 7. The molecule has 7 heteroatoms. The molecule has 0 aliphatic rings. The van der Waals surface area contributed by atoms with Gasteiger partial charge in [-0.15, -0.1) is 11.3 Å². The van der Waals surface area contributed by atoms with Crippen LogP contribution in [0.5, 0.6) is 0 Å². The summed E-state index contributed by atoms with van der Waals surface area (Å²) in [4.78, 5) is 35.6. The molecule has 1 aromatic carbocycles. The summed E-state index contributed by atoms with van der Waals surface area (Å²) in [5, 5.41) is 4.27. The quantitative estimate of drug-likeness (QED) is 0.778. The molecule has 0 bridgehead atoms. The Kier molecular flexibility index (Phi) is 6.51. The van der Waals surface area contributed by atoms with Crippen molar-refractivity contribution in [1.29, 1.82) is 0 Å². The van der Waals surface area contributed by atoms with Crippen LogP contribution in [-0.2, 0) is 20.9 Å². The van der Waals surface area contributed by atoms with Crippen molar-refractivity contribution in [3.8, 4) is 0 Å². The van der Waals surface area contributed by atoms with Crippen LogP contribution in [0, 0.1) is 0 Å². The first-order valence-electron chi connectivity index (χ1n) is 7.33. The van der Waals surface area contributed by atoms with Crippen LogP contribution in [0.4, 0.5) is 0 Å². The van der Waals surface area contributed by atoms with Crippen molar-refractivity contribution in [3.63, 3.8) is 0 Å². The molecule has 1 N–H and O–H groups in total. The van der Waals surface area contributed by atoms with Gasteiger partial charge in [0, 0.05) is 0 Å². The highest BCUT2D eigenvalue weighted by Crippen LogP contribution is 2.09. The third kappa shape index (κ3) is 5.20. The fourth-order valence-electron chi connectivity index (χ4n) is 1.86. The Bertz CT molecular complexity index is 712. The Balaban J connectivity index is 1.80. The lowest BCUT2D eigenvalue weighted by atomic mass is 10.1. The van der Waals surface area contributed by atoms with Gasteiger partial charge in [-0.1, -0.05) is 18.2 Å². The van der Waals surface area contributed by atoms with E-state index in [9.17, 15) is 14.4 Å². The maximum Gasteiger partial charge on any atom is 0.338 e. The minimum Gasteiger partial charge on any atom is -0.462 e. The minimum absolute atomic E-state index is 0.0148. The summed E-state index contributed by atoms with van der Waals surface area (Å²) >= 11 is 1.29. The molecule has 0 aliphatic heterocycles. The SMILES string of the molecule is CCOC(=O)c1cccc(COC(=O)CNC(=O)c2cccs2)c1. The van der Waals surface area contributed by atoms with Gasteiger partial charge in [0.05, 0.1) is 17.0 Å². The van der Waals surface area contributed by atoms with E-state index in [0.29, 0.717) is 22.6 Å². The van der Waals surface area contributed by atoms with Crippen LogP contribution in [-0.4, -0.2) is 31.0 Å². The second-order valence-corrected chi connectivity index (χ2v) is 5.69. The molecule has 0 unspecified atom stereocenters. The van der Waals surface area contributed by atoms with E-state index < -0.39 is 11.9 Å². The second kappa shape index (κ2) is 8.83. The molecule has 6 nitrogen and oxygen atoms in total. The van der Waals surface area contributed by atoms with Gasteiger partial charge in [0.1, 0.15) is 13.2 Å². The van der Waals surface area contributed by atoms with E-state index in [1.807, 2.05) is 0 Å². The van der Waals surface area contributed by atoms with E-state index in [2.05, 4.69) is 5.32 Å². The number of hydrogen-bond donors (Lipinski definition) is 1. The van der Waals surface area contributed by atoms with E-state index in [-0.39, 0.29) is 19.1 Å². The molecule has 0 spiro atoms. The zero-order valence-corrected chi connectivity index (χ0v) is 13.9. The minimum atomic E-state index is -0.554. The maximum absolute atomic E-state index is 11.7. The number of ether oxygens (including phenoxy) is 2. The average molecular weight is 347 g/mol. The lowest BCUT2D eigenvalue weighted by Gasteiger charge is -2.07. The Morgan fingerprint density at radius 2 is 1.96 bits per heavy atom. The molecule has 0 atom stereocenters. The lowest BCUT2D eigenvalue weighted by Crippen LogP contribution is -2.30. The Hall–Kier alpha value is -2.67. The van der Waals surface area contributed by atoms with Crippen molar-refractivity contribution in [2.24, 2.45) is 0 Å². The lowest BCUT2D eigenvalue weighted by molar-refractivity contribution is -0.143. The van der Waals surface area contributed by atoms with Gasteiger partial charge in [0.2, 0.25) is 0 Å². The van der Waals surface area contributed by atoms with E-state index in [1.54, 1.807) is 48.7 Å². The van der Waals surface area contributed by atoms with Crippen molar-refractivity contribution in [1.82, 2.24) is 5.32 Å². The predicted molar refractivity (Wildman–Crippen MR) is 88.8 cm³/mol. The van der Waals surface area contributed by atoms with E-state index >= 15 is 0 Å². The van der Waals surface area contributed by atoms with E-state index in [1.165, 1.54) is 11.3 Å². The van der Waals surface area contributed by atoms with Gasteiger partial charge in [-0.05, 0) is 36.1 Å². The second-order valence-electron chi connectivity index (χ2n) is 4.74. The smallest absolute Gasteiger partial charge is 0.338 e. The van der Waals surface area contributed by atoms with Gasteiger partial charge in [-0.3, -0.25) is 9.59 Å². The molecule has 2 aromatic rings. The Labute approximate surface area is 143 Å². The van der Waals surface area contributed by atoms with Gasteiger partial charge in [0.15, 0.2) is 0 Å². The van der Waals surface area contributed by atoms with Crippen LogP contribution in [0.3, 0.4) is 0 Å². The molecule has 1 heterocycles. The summed E-state index contributed by atoms with van der Waals surface area (Å²) in [7, 11) is 0. The fraction of sp³-hybridized carbons (Fsp3) is 0.235. The van der Waals surface area contributed by atoms with Gasteiger partial charge < -0.3 is 14.8 Å². The summed E-state index contributed by atoms with van der Waals surface area (Å²) in [6.45, 7) is 1.82. The standard InChI is InChI=1S/C17H17NO5S/c1-2-22-17(21)13-6-3-5-12(9-13)11-23-15(19)10-18-16(20)14-7-4-8-24-14/h3-9H,2,10-11H2,1H3,(H,18,20). The molecule has 0 fully saturated rings. The first kappa shape index (κ1) is 17.7. The van der Waals surface area contributed by atoms with Gasteiger partial charge in [-0.2, -0.15) is 0 Å². The molecule has 24 heavy (non-hydrogen) atoms. The molecule has 0 aliphatic carbocycles. The number of benzene rings is 1. The molecular weight excluding hydrogens is 330 g/mol. The number of hydrogen-bond acceptors (Lipinski definition) is 6. The molecule has 1 aromatic heterocycles. The van der Waals surface area contributed by atoms with Crippen LogP contribution >= 0.6 is 11.3 Å². The van der Waals surface area contributed by atoms with Crippen LogP contribution in [0.15, 0.2) is 41.8 Å². The van der Waals surface area contributed by atoms with Crippen LogP contribution in [0.1, 0.15) is 32.5 Å². The number of nitrogens with one attached hydrogen (secondary N) is 1. The highest BCUT2D eigenvalue weighted by atomic mass is 32.1. The average Bonchev–Trinajstić information content (AvgIpc) is 3.13. The van der Waals surface area contributed by atoms with Gasteiger partial charge >= 0.3 is 11.9 Å². The first-order valence-corrected chi connectivity index (χ1v) is 8.21. The molecular formula is C17H17NO5S. The van der Waals surface area contributed by atoms with E-state index in [0.717, 1.165) is 0 Å². The number of esters is 2. The highest BCUT2D eigenvalue weighted by molar-refractivity contribution is 7.12. The monoisotopic (exact) mass is 347 g/mol. The predicted octanol–water partition coefficient (Wildman–Crippen LogP) is 2.40. The summed E-state index contributed by atoms with van der Waals surface area (Å²) in [5.74, 6) is -1.29. The molecule has 1 amide bonds.